The molecule has 2 heterocycles. The lowest BCUT2D eigenvalue weighted by Gasteiger charge is -2.13. The van der Waals surface area contributed by atoms with Crippen LogP contribution in [-0.4, -0.2) is 15.9 Å². The summed E-state index contributed by atoms with van der Waals surface area (Å²) in [5.41, 5.74) is 7.72. The maximum Gasteiger partial charge on any atom is 0.270 e. The number of rotatable bonds is 4. The highest BCUT2D eigenvalue weighted by atomic mass is 16.1. The van der Waals surface area contributed by atoms with E-state index in [-0.39, 0.29) is 11.9 Å². The summed E-state index contributed by atoms with van der Waals surface area (Å²) >= 11 is 0. The molecule has 0 aromatic carbocycles. The van der Waals surface area contributed by atoms with Crippen LogP contribution in [0.5, 0.6) is 0 Å². The molecule has 0 aliphatic heterocycles. The highest BCUT2D eigenvalue weighted by Gasteiger charge is 2.12. The number of amides is 1. The quantitative estimate of drug-likeness (QED) is 0.867. The second kappa shape index (κ2) is 6.06. The molecule has 5 nitrogen and oxygen atoms in total. The monoisotopic (exact) mass is 256 g/mol. The summed E-state index contributed by atoms with van der Waals surface area (Å²) in [6.45, 7) is 2.32. The van der Waals surface area contributed by atoms with Crippen molar-refractivity contribution < 1.29 is 4.79 Å². The van der Waals surface area contributed by atoms with Gasteiger partial charge in [-0.3, -0.25) is 14.8 Å². The van der Waals surface area contributed by atoms with Crippen molar-refractivity contribution >= 4 is 5.91 Å². The molecule has 0 radical (unpaired) electrons. The molecule has 19 heavy (non-hydrogen) atoms. The highest BCUT2D eigenvalue weighted by Crippen LogP contribution is 2.10. The predicted molar refractivity (Wildman–Crippen MR) is 72.2 cm³/mol. The molecule has 3 N–H and O–H groups in total. The van der Waals surface area contributed by atoms with Crippen LogP contribution in [0.4, 0.5) is 0 Å². The topological polar surface area (TPSA) is 80.9 Å². The Kier molecular flexibility index (Phi) is 4.20. The van der Waals surface area contributed by atoms with Gasteiger partial charge in [-0.25, -0.2) is 0 Å². The van der Waals surface area contributed by atoms with Crippen LogP contribution in [0.1, 0.15) is 34.6 Å². The van der Waals surface area contributed by atoms with Crippen molar-refractivity contribution in [2.75, 3.05) is 0 Å². The van der Waals surface area contributed by atoms with Crippen LogP contribution in [0.3, 0.4) is 0 Å². The Labute approximate surface area is 111 Å². The number of carbonyl (C=O) groups is 1. The van der Waals surface area contributed by atoms with E-state index < -0.39 is 0 Å². The van der Waals surface area contributed by atoms with E-state index in [9.17, 15) is 4.79 Å². The third-order valence-electron chi connectivity index (χ3n) is 2.83. The number of nitrogens with one attached hydrogen (secondary N) is 1. The lowest BCUT2D eigenvalue weighted by molar-refractivity contribution is 0.0935. The van der Waals surface area contributed by atoms with E-state index in [1.54, 1.807) is 30.7 Å². The molecule has 1 atom stereocenters. The van der Waals surface area contributed by atoms with Gasteiger partial charge in [0.15, 0.2) is 0 Å². The Balaban J connectivity index is 2.04. The molecule has 98 valence electrons. The molecule has 0 spiro atoms. The molecule has 0 aliphatic rings. The SMILES string of the molecule is CC(NC(=O)c1ccc(CN)cn1)c1cccnc1. The van der Waals surface area contributed by atoms with E-state index in [4.69, 9.17) is 5.73 Å². The molecule has 2 aromatic heterocycles. The number of carbonyl (C=O) groups excluding carboxylic acids is 1. The summed E-state index contributed by atoms with van der Waals surface area (Å²) in [6, 6.07) is 7.12. The van der Waals surface area contributed by atoms with Gasteiger partial charge in [-0.2, -0.15) is 0 Å². The van der Waals surface area contributed by atoms with Crippen LogP contribution in [0.15, 0.2) is 42.9 Å². The molecule has 0 aliphatic carbocycles. The second-order valence-corrected chi connectivity index (χ2v) is 4.24. The number of hydrogen-bond acceptors (Lipinski definition) is 4. The van der Waals surface area contributed by atoms with Crippen molar-refractivity contribution in [2.45, 2.75) is 19.5 Å². The van der Waals surface area contributed by atoms with Crippen molar-refractivity contribution in [1.29, 1.82) is 0 Å². The zero-order valence-corrected chi connectivity index (χ0v) is 10.7. The Hall–Kier alpha value is -2.27. The maximum atomic E-state index is 12.0. The van der Waals surface area contributed by atoms with Gasteiger partial charge in [0.25, 0.3) is 5.91 Å². The standard InChI is InChI=1S/C14H16N4O/c1-10(12-3-2-6-16-9-12)18-14(19)13-5-4-11(7-15)8-17-13/h2-6,8-10H,7,15H2,1H3,(H,18,19). The molecule has 0 bridgehead atoms. The first-order valence-electron chi connectivity index (χ1n) is 6.06. The third kappa shape index (κ3) is 3.35. The minimum absolute atomic E-state index is 0.114. The predicted octanol–water partition coefficient (Wildman–Crippen LogP) is 1.43. The fourth-order valence-corrected chi connectivity index (χ4v) is 1.67. The van der Waals surface area contributed by atoms with Crippen LogP contribution < -0.4 is 11.1 Å². The van der Waals surface area contributed by atoms with Crippen molar-refractivity contribution in [3.63, 3.8) is 0 Å². The fourth-order valence-electron chi connectivity index (χ4n) is 1.67. The van der Waals surface area contributed by atoms with Gasteiger partial charge in [-0.05, 0) is 30.2 Å². The lowest BCUT2D eigenvalue weighted by Crippen LogP contribution is -2.27. The van der Waals surface area contributed by atoms with Gasteiger partial charge < -0.3 is 11.1 Å². The maximum absolute atomic E-state index is 12.0. The van der Waals surface area contributed by atoms with Gasteiger partial charge >= 0.3 is 0 Å². The van der Waals surface area contributed by atoms with E-state index in [1.165, 1.54) is 0 Å². The summed E-state index contributed by atoms with van der Waals surface area (Å²) in [4.78, 5) is 20.1. The van der Waals surface area contributed by atoms with Crippen LogP contribution >= 0.6 is 0 Å². The summed E-state index contributed by atoms with van der Waals surface area (Å²) in [7, 11) is 0. The van der Waals surface area contributed by atoms with Crippen molar-refractivity contribution in [3.8, 4) is 0 Å². The first kappa shape index (κ1) is 13.2. The van der Waals surface area contributed by atoms with Gasteiger partial charge in [0.05, 0.1) is 6.04 Å². The Bertz CT molecular complexity index is 539. The third-order valence-corrected chi connectivity index (χ3v) is 2.83. The minimum atomic E-state index is -0.208. The molecule has 2 aromatic rings. The summed E-state index contributed by atoms with van der Waals surface area (Å²) in [5, 5.41) is 2.88. The number of aromatic nitrogens is 2. The number of nitrogens with two attached hydrogens (primary N) is 1. The van der Waals surface area contributed by atoms with Crippen LogP contribution in [0, 0.1) is 0 Å². The van der Waals surface area contributed by atoms with Crippen LogP contribution in [0.25, 0.3) is 0 Å². The molecule has 1 amide bonds. The van der Waals surface area contributed by atoms with Crippen molar-refractivity contribution in [2.24, 2.45) is 5.73 Å². The first-order valence-corrected chi connectivity index (χ1v) is 6.06. The first-order chi connectivity index (χ1) is 9.20. The van der Waals surface area contributed by atoms with E-state index in [1.807, 2.05) is 19.1 Å². The molecule has 1 unspecified atom stereocenters. The zero-order chi connectivity index (χ0) is 13.7. The van der Waals surface area contributed by atoms with E-state index in [2.05, 4.69) is 15.3 Å². The highest BCUT2D eigenvalue weighted by molar-refractivity contribution is 5.92. The molecular formula is C14H16N4O. The summed E-state index contributed by atoms with van der Waals surface area (Å²) in [6.07, 6.45) is 5.05. The lowest BCUT2D eigenvalue weighted by atomic mass is 10.1. The van der Waals surface area contributed by atoms with E-state index in [0.29, 0.717) is 12.2 Å². The largest absolute Gasteiger partial charge is 0.344 e. The smallest absolute Gasteiger partial charge is 0.270 e. The van der Waals surface area contributed by atoms with Crippen LogP contribution in [0.2, 0.25) is 0 Å². The van der Waals surface area contributed by atoms with E-state index >= 15 is 0 Å². The number of nitrogens with zero attached hydrogens (tertiary/aromatic N) is 2. The second-order valence-electron chi connectivity index (χ2n) is 4.24. The van der Waals surface area contributed by atoms with E-state index in [0.717, 1.165) is 11.1 Å². The van der Waals surface area contributed by atoms with Gasteiger partial charge in [0.1, 0.15) is 5.69 Å². The summed E-state index contributed by atoms with van der Waals surface area (Å²) in [5.74, 6) is -0.208. The Morgan fingerprint density at radius 3 is 2.79 bits per heavy atom. The van der Waals surface area contributed by atoms with Crippen molar-refractivity contribution in [3.05, 3.63) is 59.7 Å². The molecule has 5 heteroatoms. The fraction of sp³-hybridized carbons (Fsp3) is 0.214. The van der Waals surface area contributed by atoms with Crippen LogP contribution in [-0.2, 0) is 6.54 Å². The van der Waals surface area contributed by atoms with Gasteiger partial charge in [0, 0.05) is 25.1 Å². The summed E-state index contributed by atoms with van der Waals surface area (Å²) < 4.78 is 0. The molecular weight excluding hydrogens is 240 g/mol. The Morgan fingerprint density at radius 1 is 1.37 bits per heavy atom. The average Bonchev–Trinajstić information content (AvgIpc) is 2.48. The normalized spacial score (nSPS) is 11.9. The Morgan fingerprint density at radius 2 is 2.21 bits per heavy atom. The average molecular weight is 256 g/mol. The molecule has 0 saturated carbocycles. The van der Waals surface area contributed by atoms with Crippen molar-refractivity contribution in [1.82, 2.24) is 15.3 Å². The molecule has 0 saturated heterocycles. The molecule has 2 rings (SSSR count). The number of pyridine rings is 2. The minimum Gasteiger partial charge on any atom is -0.344 e. The zero-order valence-electron chi connectivity index (χ0n) is 10.7. The van der Waals surface area contributed by atoms with Gasteiger partial charge in [-0.1, -0.05) is 12.1 Å². The van der Waals surface area contributed by atoms with Gasteiger partial charge in [-0.15, -0.1) is 0 Å². The van der Waals surface area contributed by atoms with Gasteiger partial charge in [0.2, 0.25) is 0 Å². The molecule has 0 fully saturated rings. The number of hydrogen-bond donors (Lipinski definition) is 2.